The molecule has 15 heavy (non-hydrogen) atoms. The van der Waals surface area contributed by atoms with Crippen molar-refractivity contribution < 1.29 is 9.53 Å². The minimum Gasteiger partial charge on any atom is -0.502 e. The minimum absolute atomic E-state index is 0.0130. The van der Waals surface area contributed by atoms with Crippen molar-refractivity contribution in [2.24, 2.45) is 0 Å². The lowest BCUT2D eigenvalue weighted by Crippen LogP contribution is -2.46. The first-order chi connectivity index (χ1) is 7.34. The summed E-state index contributed by atoms with van der Waals surface area (Å²) in [4.78, 5) is 11.6. The third kappa shape index (κ3) is 4.83. The summed E-state index contributed by atoms with van der Waals surface area (Å²) in [5.41, 5.74) is 0. The summed E-state index contributed by atoms with van der Waals surface area (Å²) in [6.45, 7) is 5.69. The average molecular weight is 212 g/mol. The van der Waals surface area contributed by atoms with Gasteiger partial charge in [-0.3, -0.25) is 4.79 Å². The van der Waals surface area contributed by atoms with Gasteiger partial charge in [0.25, 0.3) is 0 Å². The number of rotatable bonds is 6. The van der Waals surface area contributed by atoms with Crippen LogP contribution in [0.4, 0.5) is 0 Å². The predicted molar refractivity (Wildman–Crippen MR) is 59.4 cm³/mol. The molecule has 0 aromatic carbocycles. The lowest BCUT2D eigenvalue weighted by atomic mass is 10.0. The quantitative estimate of drug-likeness (QED) is 0.505. The molecule has 0 spiro atoms. The van der Waals surface area contributed by atoms with Crippen molar-refractivity contribution in [2.45, 2.75) is 31.7 Å². The fraction of sp³-hybridized carbons (Fsp3) is 0.727. The number of piperidine rings is 1. The molecule has 1 aliphatic rings. The Kier molecular flexibility index (Phi) is 5.85. The molecule has 1 saturated heterocycles. The molecular weight excluding hydrogens is 192 g/mol. The fourth-order valence-corrected chi connectivity index (χ4v) is 1.65. The molecule has 1 aliphatic heterocycles. The first-order valence-corrected chi connectivity index (χ1v) is 5.58. The van der Waals surface area contributed by atoms with Gasteiger partial charge in [-0.05, 0) is 25.8 Å². The summed E-state index contributed by atoms with van der Waals surface area (Å²) in [6, 6.07) is 0.0130. The Bertz CT molecular complexity index is 201. The minimum atomic E-state index is 0.0130. The topological polar surface area (TPSA) is 50.4 Å². The van der Waals surface area contributed by atoms with Crippen molar-refractivity contribution in [3.8, 4) is 0 Å². The van der Waals surface area contributed by atoms with Gasteiger partial charge >= 0.3 is 0 Å². The van der Waals surface area contributed by atoms with Gasteiger partial charge in [0.1, 0.15) is 0 Å². The molecule has 0 bridgehead atoms. The van der Waals surface area contributed by atoms with Crippen molar-refractivity contribution in [1.82, 2.24) is 10.6 Å². The van der Waals surface area contributed by atoms with Crippen LogP contribution in [0.25, 0.3) is 0 Å². The number of amides is 1. The van der Waals surface area contributed by atoms with E-state index in [0.29, 0.717) is 13.2 Å². The van der Waals surface area contributed by atoms with Gasteiger partial charge < -0.3 is 15.4 Å². The van der Waals surface area contributed by atoms with Gasteiger partial charge in [-0.25, -0.2) is 0 Å². The number of nitrogens with one attached hydrogen (secondary N) is 2. The molecule has 0 unspecified atom stereocenters. The zero-order valence-electron chi connectivity index (χ0n) is 9.13. The molecule has 0 aromatic rings. The van der Waals surface area contributed by atoms with E-state index in [2.05, 4.69) is 17.2 Å². The molecule has 1 amide bonds. The van der Waals surface area contributed by atoms with E-state index >= 15 is 0 Å². The molecule has 0 saturated carbocycles. The lowest BCUT2D eigenvalue weighted by Gasteiger charge is -2.22. The highest BCUT2D eigenvalue weighted by Gasteiger charge is 2.19. The smallest absolute Gasteiger partial charge is 0.237 e. The zero-order valence-corrected chi connectivity index (χ0v) is 9.13. The molecular formula is C11H20N2O2. The van der Waals surface area contributed by atoms with E-state index in [1.54, 1.807) is 0 Å². The second-order valence-corrected chi connectivity index (χ2v) is 3.68. The van der Waals surface area contributed by atoms with E-state index in [1.807, 2.05) is 0 Å². The van der Waals surface area contributed by atoms with Gasteiger partial charge in [0.05, 0.1) is 18.9 Å². The maximum atomic E-state index is 11.6. The average Bonchev–Trinajstić information content (AvgIpc) is 2.30. The van der Waals surface area contributed by atoms with E-state index in [0.717, 1.165) is 25.8 Å². The van der Waals surface area contributed by atoms with Crippen LogP contribution in [0.2, 0.25) is 0 Å². The molecule has 1 rings (SSSR count). The Morgan fingerprint density at radius 3 is 3.13 bits per heavy atom. The Morgan fingerprint density at radius 1 is 1.60 bits per heavy atom. The summed E-state index contributed by atoms with van der Waals surface area (Å²) in [5.74, 6) is 0.119. The standard InChI is InChI=1S/C11H20N2O2/c1-2-15-9-5-8-13-11(14)10-6-3-4-7-12-10/h2,10,12H,1,3-9H2,(H,13,14)/t10-/m1/s1. The van der Waals surface area contributed by atoms with E-state index in [9.17, 15) is 4.79 Å². The Morgan fingerprint density at radius 2 is 2.47 bits per heavy atom. The molecule has 0 aliphatic carbocycles. The van der Waals surface area contributed by atoms with Crippen LogP contribution in [0.3, 0.4) is 0 Å². The van der Waals surface area contributed by atoms with E-state index < -0.39 is 0 Å². The van der Waals surface area contributed by atoms with Crippen LogP contribution in [0.5, 0.6) is 0 Å². The van der Waals surface area contributed by atoms with Crippen LogP contribution in [-0.4, -0.2) is 31.6 Å². The molecule has 0 aromatic heterocycles. The van der Waals surface area contributed by atoms with Crippen molar-refractivity contribution >= 4 is 5.91 Å². The van der Waals surface area contributed by atoms with Gasteiger partial charge in [0.2, 0.25) is 5.91 Å². The monoisotopic (exact) mass is 212 g/mol. The maximum absolute atomic E-state index is 11.6. The van der Waals surface area contributed by atoms with Crippen molar-refractivity contribution in [1.29, 1.82) is 0 Å². The lowest BCUT2D eigenvalue weighted by molar-refractivity contribution is -0.123. The SMILES string of the molecule is C=COCCCNC(=O)[C@H]1CCCCN1. The molecule has 2 N–H and O–H groups in total. The zero-order chi connectivity index (χ0) is 10.9. The Hall–Kier alpha value is -1.03. The normalized spacial score (nSPS) is 20.7. The molecule has 1 atom stereocenters. The third-order valence-corrected chi connectivity index (χ3v) is 2.48. The molecule has 4 nitrogen and oxygen atoms in total. The summed E-state index contributed by atoms with van der Waals surface area (Å²) in [7, 11) is 0. The van der Waals surface area contributed by atoms with Gasteiger partial charge in [0, 0.05) is 6.54 Å². The molecule has 86 valence electrons. The maximum Gasteiger partial charge on any atom is 0.237 e. The van der Waals surface area contributed by atoms with Gasteiger partial charge in [-0.15, -0.1) is 0 Å². The van der Waals surface area contributed by atoms with Crippen LogP contribution in [0.1, 0.15) is 25.7 Å². The largest absolute Gasteiger partial charge is 0.502 e. The van der Waals surface area contributed by atoms with Crippen LogP contribution < -0.4 is 10.6 Å². The van der Waals surface area contributed by atoms with Crippen LogP contribution in [-0.2, 0) is 9.53 Å². The highest BCUT2D eigenvalue weighted by Crippen LogP contribution is 2.06. The van der Waals surface area contributed by atoms with E-state index in [-0.39, 0.29) is 11.9 Å². The van der Waals surface area contributed by atoms with Crippen LogP contribution >= 0.6 is 0 Å². The first-order valence-electron chi connectivity index (χ1n) is 5.58. The van der Waals surface area contributed by atoms with E-state index in [1.165, 1.54) is 12.7 Å². The Balaban J connectivity index is 2.04. The first kappa shape index (κ1) is 12.0. The molecule has 1 fully saturated rings. The van der Waals surface area contributed by atoms with Crippen molar-refractivity contribution in [2.75, 3.05) is 19.7 Å². The summed E-state index contributed by atoms with van der Waals surface area (Å²) in [5, 5.41) is 6.11. The number of hydrogen-bond donors (Lipinski definition) is 2. The summed E-state index contributed by atoms with van der Waals surface area (Å²) in [6.07, 6.45) is 5.52. The van der Waals surface area contributed by atoms with Crippen molar-refractivity contribution in [3.05, 3.63) is 12.8 Å². The number of hydrogen-bond acceptors (Lipinski definition) is 3. The van der Waals surface area contributed by atoms with Crippen LogP contribution in [0.15, 0.2) is 12.8 Å². The number of carbonyl (C=O) groups is 1. The number of ether oxygens (including phenoxy) is 1. The highest BCUT2D eigenvalue weighted by molar-refractivity contribution is 5.81. The van der Waals surface area contributed by atoms with E-state index in [4.69, 9.17) is 4.74 Å². The highest BCUT2D eigenvalue weighted by atomic mass is 16.5. The summed E-state index contributed by atoms with van der Waals surface area (Å²) < 4.78 is 4.96. The van der Waals surface area contributed by atoms with Crippen molar-refractivity contribution in [3.63, 3.8) is 0 Å². The van der Waals surface area contributed by atoms with Gasteiger partial charge in [0.15, 0.2) is 0 Å². The molecule has 4 heteroatoms. The Labute approximate surface area is 91.1 Å². The molecule has 1 heterocycles. The van der Waals surface area contributed by atoms with Crippen LogP contribution in [0, 0.1) is 0 Å². The van der Waals surface area contributed by atoms with Gasteiger partial charge in [-0.2, -0.15) is 0 Å². The second kappa shape index (κ2) is 7.29. The second-order valence-electron chi connectivity index (χ2n) is 3.68. The number of carbonyl (C=O) groups excluding carboxylic acids is 1. The third-order valence-electron chi connectivity index (χ3n) is 2.48. The summed E-state index contributed by atoms with van der Waals surface area (Å²) >= 11 is 0. The van der Waals surface area contributed by atoms with Gasteiger partial charge in [-0.1, -0.05) is 13.0 Å². The molecule has 0 radical (unpaired) electrons. The predicted octanol–water partition coefficient (Wildman–Crippen LogP) is 0.795. The fourth-order valence-electron chi connectivity index (χ4n) is 1.65.